The average Bonchev–Trinajstić information content (AvgIpc) is 3.32. The summed E-state index contributed by atoms with van der Waals surface area (Å²) in [7, 11) is 1.63. The molecule has 0 bridgehead atoms. The minimum absolute atomic E-state index is 0.322. The highest BCUT2D eigenvalue weighted by atomic mass is 16.5. The molecule has 0 unspecified atom stereocenters. The van der Waals surface area contributed by atoms with E-state index in [9.17, 15) is 0 Å². The number of nitrogens with one attached hydrogen (secondary N) is 1. The Kier molecular flexibility index (Phi) is 11.4. The van der Waals surface area contributed by atoms with Crippen LogP contribution in [0.1, 0.15) is 58.0 Å². The van der Waals surface area contributed by atoms with Crippen molar-refractivity contribution in [1.82, 2.24) is 20.2 Å². The fourth-order valence-corrected chi connectivity index (χ4v) is 3.87. The van der Waals surface area contributed by atoms with Gasteiger partial charge in [-0.3, -0.25) is 5.10 Å². The molecule has 35 heavy (non-hydrogen) atoms. The lowest BCUT2D eigenvalue weighted by molar-refractivity contribution is 0.152. The molecule has 190 valence electrons. The average molecular weight is 480 g/mol. The number of allylic oxidation sites excluding steroid dienone is 2. The summed E-state index contributed by atoms with van der Waals surface area (Å²) in [5, 5.41) is 6.45. The van der Waals surface area contributed by atoms with Gasteiger partial charge in [-0.2, -0.15) is 5.10 Å². The summed E-state index contributed by atoms with van der Waals surface area (Å²) in [6.07, 6.45) is 6.84. The Morgan fingerprint density at radius 3 is 2.43 bits per heavy atom. The molecule has 0 saturated carbocycles. The topological polar surface area (TPSA) is 76.2 Å². The second-order valence-corrected chi connectivity index (χ2v) is 8.60. The monoisotopic (exact) mass is 479 g/mol. The summed E-state index contributed by atoms with van der Waals surface area (Å²) in [6.45, 7) is 17.0. The molecular formula is C28H41N5O2. The number of nitrogens with zero attached hydrogens (tertiary/aromatic N) is 4. The first-order valence-corrected chi connectivity index (χ1v) is 12.3. The molecule has 7 heteroatoms. The van der Waals surface area contributed by atoms with Crippen molar-refractivity contribution >= 4 is 11.4 Å². The minimum Gasteiger partial charge on any atom is -0.481 e. The zero-order chi connectivity index (χ0) is 25.8. The molecule has 0 saturated heterocycles. The van der Waals surface area contributed by atoms with Gasteiger partial charge in [0.05, 0.1) is 13.7 Å². The molecule has 1 N–H and O–H groups in total. The lowest BCUT2D eigenvalue weighted by Gasteiger charge is -2.29. The minimum atomic E-state index is 0.322. The van der Waals surface area contributed by atoms with Gasteiger partial charge in [0, 0.05) is 60.2 Å². The van der Waals surface area contributed by atoms with Crippen molar-refractivity contribution in [3.05, 3.63) is 59.7 Å². The normalized spacial score (nSPS) is 11.3. The van der Waals surface area contributed by atoms with Crippen molar-refractivity contribution in [1.29, 1.82) is 0 Å². The molecule has 0 atom stereocenters. The van der Waals surface area contributed by atoms with Gasteiger partial charge in [-0.25, -0.2) is 9.97 Å². The molecule has 0 aliphatic rings. The third-order valence-electron chi connectivity index (χ3n) is 5.59. The Morgan fingerprint density at radius 1 is 1.17 bits per heavy atom. The van der Waals surface area contributed by atoms with Crippen molar-refractivity contribution < 1.29 is 9.47 Å². The molecule has 3 aromatic heterocycles. The van der Waals surface area contributed by atoms with Gasteiger partial charge in [-0.05, 0) is 77.3 Å². The lowest BCUT2D eigenvalue weighted by atomic mass is 9.94. The van der Waals surface area contributed by atoms with Crippen molar-refractivity contribution in [2.45, 2.75) is 60.9 Å². The van der Waals surface area contributed by atoms with Crippen LogP contribution in [0.4, 0.5) is 5.82 Å². The van der Waals surface area contributed by atoms with E-state index in [0.717, 1.165) is 47.9 Å². The van der Waals surface area contributed by atoms with Gasteiger partial charge in [-0.1, -0.05) is 13.0 Å². The van der Waals surface area contributed by atoms with Crippen LogP contribution in [0.25, 0.3) is 16.7 Å². The number of aromatic amines is 1. The second-order valence-electron chi connectivity index (χ2n) is 8.60. The zero-order valence-electron chi connectivity index (χ0n) is 22.6. The number of methoxy groups -OCH3 is 1. The van der Waals surface area contributed by atoms with E-state index in [-0.39, 0.29) is 0 Å². The third kappa shape index (κ3) is 8.21. The molecule has 0 fully saturated rings. The second kappa shape index (κ2) is 14.3. The Labute approximate surface area is 210 Å². The molecule has 0 aromatic carbocycles. The van der Waals surface area contributed by atoms with Gasteiger partial charge >= 0.3 is 0 Å². The van der Waals surface area contributed by atoms with Crippen LogP contribution in [0, 0.1) is 13.8 Å². The van der Waals surface area contributed by atoms with Crippen LogP contribution < -0.4 is 9.64 Å². The number of aromatic nitrogens is 4. The summed E-state index contributed by atoms with van der Waals surface area (Å²) in [5.74, 6) is 1.58. The molecule has 0 radical (unpaired) electrons. The molecule has 3 heterocycles. The Balaban J connectivity index is 0.000000625. The summed E-state index contributed by atoms with van der Waals surface area (Å²) in [4.78, 5) is 11.7. The predicted octanol–water partition coefficient (Wildman–Crippen LogP) is 6.24. The molecule has 0 spiro atoms. The highest BCUT2D eigenvalue weighted by Crippen LogP contribution is 2.34. The number of H-pyrrole nitrogens is 1. The summed E-state index contributed by atoms with van der Waals surface area (Å²) < 4.78 is 10.8. The van der Waals surface area contributed by atoms with E-state index in [0.29, 0.717) is 18.5 Å². The zero-order valence-corrected chi connectivity index (χ0v) is 22.6. The maximum Gasteiger partial charge on any atom is 0.212 e. The van der Waals surface area contributed by atoms with Crippen molar-refractivity contribution in [2.75, 3.05) is 31.8 Å². The predicted molar refractivity (Wildman–Crippen MR) is 145 cm³/mol. The van der Waals surface area contributed by atoms with E-state index in [1.54, 1.807) is 13.3 Å². The molecule has 0 aliphatic carbocycles. The molecule has 0 amide bonds. The quantitative estimate of drug-likeness (QED) is 0.347. The van der Waals surface area contributed by atoms with Crippen LogP contribution in [0.2, 0.25) is 0 Å². The van der Waals surface area contributed by atoms with Crippen LogP contribution >= 0.6 is 0 Å². The molecular weight excluding hydrogens is 438 g/mol. The fraction of sp³-hybridized carbons (Fsp3) is 0.464. The van der Waals surface area contributed by atoms with Gasteiger partial charge in [0.25, 0.3) is 0 Å². The molecule has 3 aromatic rings. The highest BCUT2D eigenvalue weighted by molar-refractivity contribution is 5.83. The van der Waals surface area contributed by atoms with Gasteiger partial charge in [0.1, 0.15) is 5.82 Å². The van der Waals surface area contributed by atoms with E-state index < -0.39 is 0 Å². The highest BCUT2D eigenvalue weighted by Gasteiger charge is 2.18. The number of rotatable bonds is 10. The van der Waals surface area contributed by atoms with Crippen LogP contribution in [0.3, 0.4) is 0 Å². The summed E-state index contributed by atoms with van der Waals surface area (Å²) in [5.41, 5.74) is 6.75. The van der Waals surface area contributed by atoms with Crippen LogP contribution in [0.15, 0.2) is 42.7 Å². The molecule has 3 rings (SSSR count). The number of aryl methyl sites for hydroxylation is 2. The Morgan fingerprint density at radius 2 is 1.94 bits per heavy atom. The maximum absolute atomic E-state index is 5.60. The number of pyridine rings is 2. The van der Waals surface area contributed by atoms with Gasteiger partial charge in [0.15, 0.2) is 0 Å². The Bertz CT molecular complexity index is 1040. The van der Waals surface area contributed by atoms with Crippen molar-refractivity contribution in [2.24, 2.45) is 0 Å². The van der Waals surface area contributed by atoms with Crippen LogP contribution in [0.5, 0.6) is 5.88 Å². The number of anilines is 1. The first-order valence-electron chi connectivity index (χ1n) is 12.3. The molecule has 7 nitrogen and oxygen atoms in total. The molecule has 0 aliphatic heterocycles. The van der Waals surface area contributed by atoms with Gasteiger partial charge in [-0.15, -0.1) is 0 Å². The lowest BCUT2D eigenvalue weighted by Crippen LogP contribution is -2.35. The van der Waals surface area contributed by atoms with Crippen molar-refractivity contribution in [3.63, 3.8) is 0 Å². The number of hydrogen-bond donors (Lipinski definition) is 1. The van der Waals surface area contributed by atoms with E-state index in [2.05, 4.69) is 72.9 Å². The smallest absolute Gasteiger partial charge is 0.212 e. The van der Waals surface area contributed by atoms with E-state index in [4.69, 9.17) is 14.5 Å². The third-order valence-corrected chi connectivity index (χ3v) is 5.59. The van der Waals surface area contributed by atoms with Gasteiger partial charge in [0.2, 0.25) is 5.88 Å². The van der Waals surface area contributed by atoms with E-state index in [1.807, 2.05) is 32.2 Å². The van der Waals surface area contributed by atoms with E-state index >= 15 is 0 Å². The first-order chi connectivity index (χ1) is 16.8. The first kappa shape index (κ1) is 28.1. The van der Waals surface area contributed by atoms with Crippen molar-refractivity contribution in [3.8, 4) is 17.0 Å². The van der Waals surface area contributed by atoms with Crippen LogP contribution in [-0.4, -0.2) is 53.1 Å². The summed E-state index contributed by atoms with van der Waals surface area (Å²) >= 11 is 0. The number of hydrogen-bond acceptors (Lipinski definition) is 6. The standard InChI is InChI=1S/C24H35N3O2.C4H6N2/c1-8-10-18(5)24-19(6)26-22(27(17(3)4)13-14-29-9-2)15-21(24)20-11-12-23(28-7)25-16-20;1-4-2-3-5-6-4/h10-12,15-17H,8-9,13-14H2,1-7H3;2-3H,1H3,(H,5,6)/b18-10-;. The van der Waals surface area contributed by atoms with Crippen LogP contribution in [-0.2, 0) is 4.74 Å². The summed E-state index contributed by atoms with van der Waals surface area (Å²) in [6, 6.07) is 8.39. The maximum atomic E-state index is 5.60. The SMILES string of the molecule is CC/C=C(/C)c1c(-c2ccc(OC)nc2)cc(N(CCOCC)C(C)C)nc1C.Cc1ccn[nH]1. The van der Waals surface area contributed by atoms with E-state index in [1.165, 1.54) is 11.1 Å². The largest absolute Gasteiger partial charge is 0.481 e. The van der Waals surface area contributed by atoms with Gasteiger partial charge < -0.3 is 14.4 Å². The number of ether oxygens (including phenoxy) is 2. The Hall–Kier alpha value is -3.19. The fourth-order valence-electron chi connectivity index (χ4n) is 3.87.